The van der Waals surface area contributed by atoms with Crippen molar-refractivity contribution in [3.63, 3.8) is 0 Å². The van der Waals surface area contributed by atoms with Crippen LogP contribution in [-0.2, 0) is 14.4 Å². The highest BCUT2D eigenvalue weighted by Gasteiger charge is 2.26. The molecule has 0 aromatic heterocycles. The van der Waals surface area contributed by atoms with Crippen molar-refractivity contribution in [2.75, 3.05) is 19.7 Å². The molecule has 1 aliphatic heterocycles. The molecule has 3 N–H and O–H groups in total. The number of hydrogen-bond donors (Lipinski definition) is 2. The molecule has 21 heavy (non-hydrogen) atoms. The van der Waals surface area contributed by atoms with E-state index in [2.05, 4.69) is 5.32 Å². The predicted molar refractivity (Wildman–Crippen MR) is 70.2 cm³/mol. The Kier molecular flexibility index (Phi) is 4.17. The summed E-state index contributed by atoms with van der Waals surface area (Å²) in [5.74, 6) is -2.12. The number of ether oxygens (including phenoxy) is 1. The number of benzene rings is 1. The number of carbonyl (C=O) groups excluding carboxylic acids is 4. The van der Waals surface area contributed by atoms with Gasteiger partial charge in [0.05, 0.1) is 5.56 Å². The van der Waals surface area contributed by atoms with Crippen LogP contribution in [0.2, 0.25) is 0 Å². The maximum atomic E-state index is 11.9. The monoisotopic (exact) mass is 291 g/mol. The standard InChI is InChI=1S/C13H13N3O5/c14-13(20)8-3-1-2-4-9(8)21-7-12(19)16-5-10(17)15-11(18)6-16/h1-4H,5-7H2,(H2,14,20)(H,15,17,18). The van der Waals surface area contributed by atoms with Crippen molar-refractivity contribution in [3.8, 4) is 5.75 Å². The number of amides is 4. The highest BCUT2D eigenvalue weighted by molar-refractivity contribution is 6.02. The highest BCUT2D eigenvalue weighted by atomic mass is 16.5. The summed E-state index contributed by atoms with van der Waals surface area (Å²) in [6.45, 7) is -0.804. The Hall–Kier alpha value is -2.90. The Bertz CT molecular complexity index is 598. The quantitative estimate of drug-likeness (QED) is 0.665. The smallest absolute Gasteiger partial charge is 0.261 e. The molecule has 2 rings (SSSR count). The molecule has 1 saturated heterocycles. The fourth-order valence-corrected chi connectivity index (χ4v) is 1.84. The number of rotatable bonds is 4. The Labute approximate surface area is 119 Å². The van der Waals surface area contributed by atoms with E-state index in [1.165, 1.54) is 12.1 Å². The number of primary amides is 1. The number of imide groups is 1. The number of hydrogen-bond acceptors (Lipinski definition) is 5. The minimum atomic E-state index is -0.675. The molecule has 0 atom stereocenters. The fraction of sp³-hybridized carbons (Fsp3) is 0.231. The lowest BCUT2D eigenvalue weighted by atomic mass is 10.2. The van der Waals surface area contributed by atoms with Crippen molar-refractivity contribution in [2.24, 2.45) is 5.73 Å². The van der Waals surface area contributed by atoms with Crippen LogP contribution in [0, 0.1) is 0 Å². The van der Waals surface area contributed by atoms with Crippen LogP contribution < -0.4 is 15.8 Å². The molecule has 0 saturated carbocycles. The van der Waals surface area contributed by atoms with Gasteiger partial charge in [0, 0.05) is 0 Å². The summed E-state index contributed by atoms with van der Waals surface area (Å²) < 4.78 is 5.25. The largest absolute Gasteiger partial charge is 0.483 e. The average Bonchev–Trinajstić information content (AvgIpc) is 2.43. The average molecular weight is 291 g/mol. The number of nitrogens with one attached hydrogen (secondary N) is 1. The van der Waals surface area contributed by atoms with Gasteiger partial charge in [0.1, 0.15) is 18.8 Å². The Balaban J connectivity index is 2.00. The zero-order valence-electron chi connectivity index (χ0n) is 11.0. The summed E-state index contributed by atoms with van der Waals surface area (Å²) in [4.78, 5) is 46.5. The van der Waals surface area contributed by atoms with Gasteiger partial charge in [-0.3, -0.25) is 24.5 Å². The first-order valence-electron chi connectivity index (χ1n) is 6.09. The molecule has 1 aliphatic rings. The van der Waals surface area contributed by atoms with E-state index in [1.54, 1.807) is 12.1 Å². The summed E-state index contributed by atoms with van der Waals surface area (Å²) in [6.07, 6.45) is 0. The highest BCUT2D eigenvalue weighted by Crippen LogP contribution is 2.17. The molecular weight excluding hydrogens is 278 g/mol. The number of piperazine rings is 1. The third-order valence-corrected chi connectivity index (χ3v) is 2.80. The molecule has 110 valence electrons. The molecule has 4 amide bonds. The van der Waals surface area contributed by atoms with Crippen LogP contribution in [0.5, 0.6) is 5.75 Å². The van der Waals surface area contributed by atoms with Gasteiger partial charge in [0.25, 0.3) is 11.8 Å². The van der Waals surface area contributed by atoms with E-state index in [-0.39, 0.29) is 24.4 Å². The number of para-hydroxylation sites is 1. The van der Waals surface area contributed by atoms with Gasteiger partial charge in [-0.25, -0.2) is 0 Å². The molecule has 8 heteroatoms. The molecule has 0 unspecified atom stereocenters. The number of nitrogens with two attached hydrogens (primary N) is 1. The van der Waals surface area contributed by atoms with Crippen LogP contribution in [0.25, 0.3) is 0 Å². The molecule has 1 aromatic carbocycles. The molecule has 8 nitrogen and oxygen atoms in total. The molecular formula is C13H13N3O5. The zero-order valence-corrected chi connectivity index (χ0v) is 11.0. The van der Waals surface area contributed by atoms with Crippen LogP contribution in [0.1, 0.15) is 10.4 Å². The van der Waals surface area contributed by atoms with Crippen LogP contribution in [-0.4, -0.2) is 48.2 Å². The van der Waals surface area contributed by atoms with Crippen LogP contribution in [0.15, 0.2) is 24.3 Å². The number of nitrogens with zero attached hydrogens (tertiary/aromatic N) is 1. The van der Waals surface area contributed by atoms with Crippen molar-refractivity contribution in [1.82, 2.24) is 10.2 Å². The van der Waals surface area contributed by atoms with E-state index in [1.807, 2.05) is 0 Å². The Morgan fingerprint density at radius 1 is 1.19 bits per heavy atom. The molecule has 0 spiro atoms. The summed E-state index contributed by atoms with van der Waals surface area (Å²) in [5.41, 5.74) is 5.34. The van der Waals surface area contributed by atoms with E-state index in [0.29, 0.717) is 0 Å². The van der Waals surface area contributed by atoms with E-state index < -0.39 is 30.2 Å². The van der Waals surface area contributed by atoms with Gasteiger partial charge in [-0.15, -0.1) is 0 Å². The first-order valence-corrected chi connectivity index (χ1v) is 6.09. The summed E-state index contributed by atoms with van der Waals surface area (Å²) >= 11 is 0. The second-order valence-electron chi connectivity index (χ2n) is 4.37. The Morgan fingerprint density at radius 2 is 1.81 bits per heavy atom. The molecule has 0 aliphatic carbocycles. The lowest BCUT2D eigenvalue weighted by Gasteiger charge is -2.25. The SMILES string of the molecule is NC(=O)c1ccccc1OCC(=O)N1CC(=O)NC(=O)C1. The topological polar surface area (TPSA) is 119 Å². The van der Waals surface area contributed by atoms with Crippen LogP contribution >= 0.6 is 0 Å². The first kappa shape index (κ1) is 14.5. The van der Waals surface area contributed by atoms with Gasteiger partial charge in [-0.2, -0.15) is 0 Å². The third-order valence-electron chi connectivity index (χ3n) is 2.80. The van der Waals surface area contributed by atoms with Crippen molar-refractivity contribution in [1.29, 1.82) is 0 Å². The molecule has 1 aromatic rings. The van der Waals surface area contributed by atoms with E-state index >= 15 is 0 Å². The summed E-state index contributed by atoms with van der Waals surface area (Å²) in [7, 11) is 0. The van der Waals surface area contributed by atoms with Crippen molar-refractivity contribution in [3.05, 3.63) is 29.8 Å². The molecule has 0 radical (unpaired) electrons. The third kappa shape index (κ3) is 3.56. The lowest BCUT2D eigenvalue weighted by Crippen LogP contribution is -2.54. The van der Waals surface area contributed by atoms with E-state index in [4.69, 9.17) is 10.5 Å². The van der Waals surface area contributed by atoms with Gasteiger partial charge in [-0.05, 0) is 12.1 Å². The van der Waals surface area contributed by atoms with E-state index in [9.17, 15) is 19.2 Å². The van der Waals surface area contributed by atoms with Crippen LogP contribution in [0.4, 0.5) is 0 Å². The van der Waals surface area contributed by atoms with Crippen molar-refractivity contribution < 1.29 is 23.9 Å². The molecule has 0 bridgehead atoms. The Morgan fingerprint density at radius 3 is 2.43 bits per heavy atom. The predicted octanol–water partition coefficient (Wildman–Crippen LogP) is -1.35. The van der Waals surface area contributed by atoms with Gasteiger partial charge >= 0.3 is 0 Å². The molecule has 1 heterocycles. The maximum absolute atomic E-state index is 11.9. The lowest BCUT2D eigenvalue weighted by molar-refractivity contribution is -0.146. The number of carbonyl (C=O) groups is 4. The summed E-state index contributed by atoms with van der Waals surface area (Å²) in [5, 5.41) is 2.09. The zero-order chi connectivity index (χ0) is 15.4. The fourth-order valence-electron chi connectivity index (χ4n) is 1.84. The maximum Gasteiger partial charge on any atom is 0.261 e. The van der Waals surface area contributed by atoms with Crippen LogP contribution in [0.3, 0.4) is 0 Å². The van der Waals surface area contributed by atoms with Crippen molar-refractivity contribution >= 4 is 23.6 Å². The summed E-state index contributed by atoms with van der Waals surface area (Å²) in [6, 6.07) is 6.22. The van der Waals surface area contributed by atoms with Gasteiger partial charge < -0.3 is 15.4 Å². The minimum Gasteiger partial charge on any atom is -0.483 e. The van der Waals surface area contributed by atoms with Crippen molar-refractivity contribution in [2.45, 2.75) is 0 Å². The normalized spacial score (nSPS) is 14.6. The first-order chi connectivity index (χ1) is 9.97. The second-order valence-corrected chi connectivity index (χ2v) is 4.37. The molecule has 1 fully saturated rings. The van der Waals surface area contributed by atoms with Gasteiger partial charge in [0.2, 0.25) is 11.8 Å². The second kappa shape index (κ2) is 6.04. The minimum absolute atomic E-state index is 0.151. The van der Waals surface area contributed by atoms with Gasteiger partial charge in [0.15, 0.2) is 6.61 Å². The van der Waals surface area contributed by atoms with E-state index in [0.717, 1.165) is 4.90 Å². The van der Waals surface area contributed by atoms with Gasteiger partial charge in [-0.1, -0.05) is 12.1 Å².